The molecule has 15 heteroatoms. The number of anilines is 1. The molecular formula is C34H45FN8O5S. The lowest BCUT2D eigenvalue weighted by Gasteiger charge is -2.38. The number of carbonyl (C=O) groups is 4. The Bertz CT molecular complexity index is 1630. The van der Waals surface area contributed by atoms with Gasteiger partial charge in [-0.05, 0) is 86.7 Å². The summed E-state index contributed by atoms with van der Waals surface area (Å²) in [4.78, 5) is 55.7. The molecule has 4 amide bonds. The van der Waals surface area contributed by atoms with Crippen molar-refractivity contribution in [3.8, 4) is 0 Å². The molecule has 3 atom stereocenters. The second kappa shape index (κ2) is 15.5. The van der Waals surface area contributed by atoms with Gasteiger partial charge in [-0.1, -0.05) is 37.2 Å². The lowest BCUT2D eigenvalue weighted by molar-refractivity contribution is -0.137. The van der Waals surface area contributed by atoms with Crippen molar-refractivity contribution in [2.45, 2.75) is 96.4 Å². The fourth-order valence-electron chi connectivity index (χ4n) is 6.61. The molecule has 0 unspecified atom stereocenters. The van der Waals surface area contributed by atoms with E-state index in [2.05, 4.69) is 37.6 Å². The lowest BCUT2D eigenvalue weighted by Crippen LogP contribution is -2.54. The third-order valence-electron chi connectivity index (χ3n) is 9.92. The molecule has 264 valence electrons. The topological polar surface area (TPSA) is 171 Å². The van der Waals surface area contributed by atoms with Crippen molar-refractivity contribution in [1.82, 2.24) is 34.9 Å². The van der Waals surface area contributed by atoms with Crippen LogP contribution >= 0.6 is 11.5 Å². The summed E-state index contributed by atoms with van der Waals surface area (Å²) in [7, 11) is 0. The first-order valence-electron chi connectivity index (χ1n) is 16.9. The zero-order valence-electron chi connectivity index (χ0n) is 28.3. The number of aliphatic hydroxyl groups is 1. The van der Waals surface area contributed by atoms with Crippen LogP contribution < -0.4 is 16.0 Å². The molecule has 1 aromatic carbocycles. The van der Waals surface area contributed by atoms with Crippen LogP contribution in [0.4, 0.5) is 10.1 Å². The molecule has 0 bridgehead atoms. The predicted octanol–water partition coefficient (Wildman–Crippen LogP) is 3.73. The molecule has 0 spiro atoms. The Labute approximate surface area is 289 Å². The van der Waals surface area contributed by atoms with Gasteiger partial charge in [0.15, 0.2) is 0 Å². The molecule has 49 heavy (non-hydrogen) atoms. The monoisotopic (exact) mass is 696 g/mol. The van der Waals surface area contributed by atoms with E-state index in [0.29, 0.717) is 49.7 Å². The predicted molar refractivity (Wildman–Crippen MR) is 181 cm³/mol. The SMILES string of the molecule is CCn1nccc1C(=O)N[C@H](C(=O)Nc1ccc([C@H](C)[C@@H](NC(=O)c2cnns2)C(=O)N2CCC(C)(O)CC2)cc1F)[C@H]1CC[C@H](C)CC1. The van der Waals surface area contributed by atoms with Gasteiger partial charge in [0.25, 0.3) is 11.8 Å². The van der Waals surface area contributed by atoms with E-state index in [0.717, 1.165) is 37.2 Å². The van der Waals surface area contributed by atoms with Gasteiger partial charge in [0, 0.05) is 31.7 Å². The van der Waals surface area contributed by atoms with Crippen molar-refractivity contribution >= 4 is 40.8 Å². The van der Waals surface area contributed by atoms with Gasteiger partial charge in [0.2, 0.25) is 11.8 Å². The second-order valence-corrected chi connectivity index (χ2v) is 14.4. The van der Waals surface area contributed by atoms with Gasteiger partial charge in [0.1, 0.15) is 28.5 Å². The highest BCUT2D eigenvalue weighted by atomic mass is 32.1. The second-order valence-electron chi connectivity index (χ2n) is 13.6. The van der Waals surface area contributed by atoms with E-state index in [4.69, 9.17) is 0 Å². The van der Waals surface area contributed by atoms with Gasteiger partial charge in [-0.3, -0.25) is 23.9 Å². The number of carbonyl (C=O) groups excluding carboxylic acids is 4. The number of benzene rings is 1. The Hall–Kier alpha value is -4.24. The third-order valence-corrected chi connectivity index (χ3v) is 10.6. The molecule has 3 aromatic rings. The fraction of sp³-hybridized carbons (Fsp3) is 0.559. The van der Waals surface area contributed by atoms with E-state index in [1.54, 1.807) is 35.6 Å². The first-order chi connectivity index (χ1) is 23.4. The van der Waals surface area contributed by atoms with Crippen LogP contribution in [0.25, 0.3) is 0 Å². The molecule has 1 saturated heterocycles. The van der Waals surface area contributed by atoms with Crippen LogP contribution in [-0.4, -0.2) is 83.8 Å². The molecule has 4 N–H and O–H groups in total. The van der Waals surface area contributed by atoms with Gasteiger partial charge in [0.05, 0.1) is 17.5 Å². The minimum absolute atomic E-state index is 0.0658. The highest BCUT2D eigenvalue weighted by Gasteiger charge is 2.37. The number of aryl methyl sites for hydroxylation is 1. The van der Waals surface area contributed by atoms with Gasteiger partial charge in [-0.2, -0.15) is 5.10 Å². The maximum atomic E-state index is 15.8. The van der Waals surface area contributed by atoms with Gasteiger partial charge in [-0.15, -0.1) is 5.10 Å². The summed E-state index contributed by atoms with van der Waals surface area (Å²) in [5, 5.41) is 26.7. The van der Waals surface area contributed by atoms with E-state index in [1.165, 1.54) is 24.5 Å². The maximum Gasteiger partial charge on any atom is 0.270 e. The number of amides is 4. The standard InChI is InChI=1S/C34H45FN8O5S/c1-5-43-26(12-15-37-43)30(44)40-29(22-8-6-20(2)7-9-22)32(46)38-25-11-10-23(18-24(25)35)21(3)28(39-31(45)27-19-36-41-49-27)33(47)42-16-13-34(4,48)14-17-42/h10-12,15,18-22,28-29,48H,5-9,13-14,16-17H2,1-4H3,(H,38,46)(H,39,45)(H,40,44)/t20-,21-,22-,28+,29-/m0/s1. The van der Waals surface area contributed by atoms with Crippen LogP contribution in [0.15, 0.2) is 36.7 Å². The summed E-state index contributed by atoms with van der Waals surface area (Å²) in [6, 6.07) is 3.95. The van der Waals surface area contributed by atoms with Crippen molar-refractivity contribution in [2.24, 2.45) is 11.8 Å². The molecule has 1 saturated carbocycles. The fourth-order valence-corrected chi connectivity index (χ4v) is 7.03. The zero-order chi connectivity index (χ0) is 35.3. The minimum atomic E-state index is -1.05. The number of hydrogen-bond donors (Lipinski definition) is 4. The number of aromatic nitrogens is 4. The minimum Gasteiger partial charge on any atom is -0.390 e. The molecular weight excluding hydrogens is 651 g/mol. The summed E-state index contributed by atoms with van der Waals surface area (Å²) < 4.78 is 21.0. The summed E-state index contributed by atoms with van der Waals surface area (Å²) in [5.41, 5.74) is -0.177. The van der Waals surface area contributed by atoms with E-state index in [1.807, 2.05) is 6.92 Å². The number of nitrogens with zero attached hydrogens (tertiary/aromatic N) is 5. The Balaban J connectivity index is 1.34. The highest BCUT2D eigenvalue weighted by molar-refractivity contribution is 7.07. The van der Waals surface area contributed by atoms with E-state index >= 15 is 4.39 Å². The van der Waals surface area contributed by atoms with Crippen molar-refractivity contribution in [1.29, 1.82) is 0 Å². The number of hydrogen-bond acceptors (Lipinski definition) is 9. The van der Waals surface area contributed by atoms with Gasteiger partial charge < -0.3 is 26.0 Å². The first-order valence-corrected chi connectivity index (χ1v) is 17.7. The zero-order valence-corrected chi connectivity index (χ0v) is 29.1. The van der Waals surface area contributed by atoms with Crippen LogP contribution in [0.5, 0.6) is 0 Å². The molecule has 2 aliphatic rings. The van der Waals surface area contributed by atoms with E-state index < -0.39 is 47.1 Å². The Morgan fingerprint density at radius 1 is 1.08 bits per heavy atom. The van der Waals surface area contributed by atoms with Crippen LogP contribution in [-0.2, 0) is 16.1 Å². The van der Waals surface area contributed by atoms with Crippen LogP contribution in [0.2, 0.25) is 0 Å². The first kappa shape index (κ1) is 36.1. The molecule has 13 nitrogen and oxygen atoms in total. The van der Waals surface area contributed by atoms with Crippen LogP contribution in [0, 0.1) is 17.7 Å². The number of likely N-dealkylation sites (tertiary alicyclic amines) is 1. The lowest BCUT2D eigenvalue weighted by atomic mass is 9.79. The highest BCUT2D eigenvalue weighted by Crippen LogP contribution is 2.32. The van der Waals surface area contributed by atoms with E-state index in [-0.39, 0.29) is 22.4 Å². The Kier molecular flexibility index (Phi) is 11.4. The summed E-state index contributed by atoms with van der Waals surface area (Å²) in [6.07, 6.45) is 6.96. The average molecular weight is 697 g/mol. The smallest absolute Gasteiger partial charge is 0.270 e. The molecule has 1 aliphatic heterocycles. The Morgan fingerprint density at radius 3 is 2.43 bits per heavy atom. The van der Waals surface area contributed by atoms with Crippen molar-refractivity contribution in [3.05, 3.63) is 58.6 Å². The summed E-state index contributed by atoms with van der Waals surface area (Å²) in [5.74, 6) is -2.81. The van der Waals surface area contributed by atoms with Crippen LogP contribution in [0.3, 0.4) is 0 Å². The van der Waals surface area contributed by atoms with E-state index in [9.17, 15) is 24.3 Å². The normalized spacial score (nSPS) is 20.9. The molecule has 1 aliphatic carbocycles. The molecule has 3 heterocycles. The van der Waals surface area contributed by atoms with Crippen molar-refractivity contribution in [3.63, 3.8) is 0 Å². The largest absolute Gasteiger partial charge is 0.390 e. The number of rotatable bonds is 11. The average Bonchev–Trinajstić information content (AvgIpc) is 3.80. The quantitative estimate of drug-likeness (QED) is 0.235. The maximum absolute atomic E-state index is 15.8. The van der Waals surface area contributed by atoms with Crippen LogP contribution in [0.1, 0.15) is 97.9 Å². The Morgan fingerprint density at radius 2 is 1.80 bits per heavy atom. The van der Waals surface area contributed by atoms with Crippen molar-refractivity contribution < 1.29 is 28.7 Å². The summed E-state index contributed by atoms with van der Waals surface area (Å²) >= 11 is 0.893. The molecule has 2 fully saturated rings. The number of halogens is 1. The number of nitrogens with one attached hydrogen (secondary N) is 3. The molecule has 5 rings (SSSR count). The van der Waals surface area contributed by atoms with Crippen molar-refractivity contribution in [2.75, 3.05) is 18.4 Å². The van der Waals surface area contributed by atoms with Gasteiger partial charge >= 0.3 is 0 Å². The number of piperidine rings is 1. The summed E-state index contributed by atoms with van der Waals surface area (Å²) in [6.45, 7) is 8.59. The third kappa shape index (κ3) is 8.68. The molecule has 2 aromatic heterocycles. The van der Waals surface area contributed by atoms with Gasteiger partial charge in [-0.25, -0.2) is 4.39 Å². The molecule has 0 radical (unpaired) electrons.